The van der Waals surface area contributed by atoms with E-state index in [2.05, 4.69) is 6.92 Å². The SMILES string of the molecule is CCC(=O)O[C@]1(C(=O)CO)CC[C@H]2[C@H]3CCCC4=CC(=O)CC[C@]4(C)[C@H]3[C@@H](O)C[C@@]21C. The predicted molar refractivity (Wildman–Crippen MR) is 114 cm³/mol. The van der Waals surface area contributed by atoms with Crippen LogP contribution in [0.15, 0.2) is 11.6 Å². The van der Waals surface area contributed by atoms with Crippen molar-refractivity contribution in [3.63, 3.8) is 0 Å². The lowest BCUT2D eigenvalue weighted by molar-refractivity contribution is -0.199. The quantitative estimate of drug-likeness (QED) is 0.662. The Labute approximate surface area is 184 Å². The van der Waals surface area contributed by atoms with E-state index in [4.69, 9.17) is 4.74 Å². The Morgan fingerprint density at radius 3 is 2.61 bits per heavy atom. The number of hydrogen-bond donors (Lipinski definition) is 2. The second-order valence-electron chi connectivity index (χ2n) is 10.7. The molecule has 4 rings (SSSR count). The lowest BCUT2D eigenvalue weighted by Gasteiger charge is -2.57. The number of carbonyl (C=O) groups is 3. The molecule has 172 valence electrons. The molecule has 3 fully saturated rings. The van der Waals surface area contributed by atoms with Gasteiger partial charge in [-0.25, -0.2) is 0 Å². The molecule has 0 unspecified atom stereocenters. The average Bonchev–Trinajstić information content (AvgIpc) is 2.92. The highest BCUT2D eigenvalue weighted by atomic mass is 16.6. The van der Waals surface area contributed by atoms with Crippen LogP contribution in [0.1, 0.15) is 78.6 Å². The summed E-state index contributed by atoms with van der Waals surface area (Å²) in [5.41, 5.74) is -1.14. The standard InChI is InChI=1S/C25H36O6/c1-4-21(30)31-25(20(29)14-26)11-9-18-17-7-5-6-15-12-16(27)8-10-23(15,2)22(17)19(28)13-24(18,25)3/h12,17-19,22,26,28H,4-11,13-14H2,1-3H3/t17-,18+,19+,22-,23+,24+,25+/m1/s1. The van der Waals surface area contributed by atoms with Crippen LogP contribution in [0.2, 0.25) is 0 Å². The zero-order valence-corrected chi connectivity index (χ0v) is 19.0. The van der Waals surface area contributed by atoms with E-state index >= 15 is 0 Å². The second kappa shape index (κ2) is 7.80. The molecule has 0 aromatic rings. The van der Waals surface area contributed by atoms with E-state index in [-0.39, 0.29) is 35.4 Å². The minimum Gasteiger partial charge on any atom is -0.450 e. The number of ketones is 2. The Hall–Kier alpha value is -1.53. The van der Waals surface area contributed by atoms with Gasteiger partial charge in [-0.15, -0.1) is 0 Å². The van der Waals surface area contributed by atoms with Crippen LogP contribution >= 0.6 is 0 Å². The first-order valence-electron chi connectivity index (χ1n) is 11.9. The Morgan fingerprint density at radius 1 is 1.19 bits per heavy atom. The van der Waals surface area contributed by atoms with Crippen LogP contribution in [0.5, 0.6) is 0 Å². The average molecular weight is 433 g/mol. The molecule has 0 saturated heterocycles. The fourth-order valence-electron chi connectivity index (χ4n) is 7.96. The fourth-order valence-corrected chi connectivity index (χ4v) is 7.96. The zero-order valence-electron chi connectivity index (χ0n) is 19.0. The lowest BCUT2D eigenvalue weighted by atomic mass is 9.49. The van der Waals surface area contributed by atoms with Crippen LogP contribution in [0, 0.1) is 28.6 Å². The molecule has 0 radical (unpaired) electrons. The number of rotatable bonds is 4. The number of fused-ring (bicyclic) bond motifs is 5. The third kappa shape index (κ3) is 3.16. The molecule has 6 nitrogen and oxygen atoms in total. The molecular weight excluding hydrogens is 396 g/mol. The third-order valence-corrected chi connectivity index (χ3v) is 9.42. The molecule has 0 aromatic carbocycles. The molecular formula is C25H36O6. The van der Waals surface area contributed by atoms with Gasteiger partial charge in [0.15, 0.2) is 11.4 Å². The minimum absolute atomic E-state index is 0.0225. The molecule has 0 aliphatic heterocycles. The van der Waals surface area contributed by atoms with Crippen molar-refractivity contribution in [2.45, 2.75) is 90.3 Å². The Kier molecular flexibility index (Phi) is 5.70. The van der Waals surface area contributed by atoms with E-state index in [1.807, 2.05) is 13.0 Å². The van der Waals surface area contributed by atoms with Crippen LogP contribution in [-0.4, -0.2) is 46.1 Å². The first-order valence-corrected chi connectivity index (χ1v) is 11.9. The number of Topliss-reactive ketones (excluding diaryl/α,β-unsaturated/α-hetero) is 1. The molecule has 0 heterocycles. The number of allylic oxidation sites excluding steroid dienone is 2. The predicted octanol–water partition coefficient (Wildman–Crippen LogP) is 3.13. The molecule has 6 heteroatoms. The maximum atomic E-state index is 13.1. The molecule has 4 aliphatic carbocycles. The van der Waals surface area contributed by atoms with E-state index in [0.29, 0.717) is 19.3 Å². The van der Waals surface area contributed by atoms with E-state index in [1.165, 1.54) is 5.57 Å². The van der Waals surface area contributed by atoms with Crippen molar-refractivity contribution in [1.82, 2.24) is 0 Å². The summed E-state index contributed by atoms with van der Waals surface area (Å²) in [5, 5.41) is 21.3. The minimum atomic E-state index is -1.38. The van der Waals surface area contributed by atoms with Crippen molar-refractivity contribution in [3.05, 3.63) is 11.6 Å². The summed E-state index contributed by atoms with van der Waals surface area (Å²) >= 11 is 0. The van der Waals surface area contributed by atoms with Crippen molar-refractivity contribution < 1.29 is 29.3 Å². The van der Waals surface area contributed by atoms with Gasteiger partial charge >= 0.3 is 5.97 Å². The summed E-state index contributed by atoms with van der Waals surface area (Å²) in [5.74, 6) is -0.380. The third-order valence-electron chi connectivity index (χ3n) is 9.42. The summed E-state index contributed by atoms with van der Waals surface area (Å²) in [6.45, 7) is 5.22. The number of aliphatic hydroxyl groups is 2. The summed E-state index contributed by atoms with van der Waals surface area (Å²) in [6, 6.07) is 0. The first-order chi connectivity index (χ1) is 14.6. The van der Waals surface area contributed by atoms with Gasteiger partial charge in [0, 0.05) is 18.3 Å². The molecule has 31 heavy (non-hydrogen) atoms. The molecule has 0 amide bonds. The van der Waals surface area contributed by atoms with Gasteiger partial charge in [-0.1, -0.05) is 26.3 Å². The van der Waals surface area contributed by atoms with Crippen LogP contribution in [0.3, 0.4) is 0 Å². The van der Waals surface area contributed by atoms with E-state index in [0.717, 1.165) is 32.1 Å². The summed E-state index contributed by atoms with van der Waals surface area (Å²) in [7, 11) is 0. The van der Waals surface area contributed by atoms with Crippen molar-refractivity contribution in [2.24, 2.45) is 28.6 Å². The van der Waals surface area contributed by atoms with Gasteiger partial charge < -0.3 is 14.9 Å². The fraction of sp³-hybridized carbons (Fsp3) is 0.800. The monoisotopic (exact) mass is 432 g/mol. The smallest absolute Gasteiger partial charge is 0.306 e. The molecule has 0 bridgehead atoms. The molecule has 4 aliphatic rings. The Morgan fingerprint density at radius 2 is 1.94 bits per heavy atom. The highest BCUT2D eigenvalue weighted by Crippen LogP contribution is 2.67. The van der Waals surface area contributed by atoms with E-state index < -0.39 is 35.5 Å². The van der Waals surface area contributed by atoms with Crippen molar-refractivity contribution >= 4 is 17.5 Å². The molecule has 0 spiro atoms. The Balaban J connectivity index is 1.77. The van der Waals surface area contributed by atoms with Gasteiger partial charge in [0.25, 0.3) is 0 Å². The van der Waals surface area contributed by atoms with Crippen LogP contribution in [-0.2, 0) is 19.1 Å². The topological polar surface area (TPSA) is 101 Å². The molecule has 3 saturated carbocycles. The highest BCUT2D eigenvalue weighted by molar-refractivity contribution is 5.92. The summed E-state index contributed by atoms with van der Waals surface area (Å²) in [6.07, 6.45) is 6.84. The number of hydrogen-bond acceptors (Lipinski definition) is 6. The highest BCUT2D eigenvalue weighted by Gasteiger charge is 2.69. The lowest BCUT2D eigenvalue weighted by Crippen LogP contribution is -2.62. The number of carbonyl (C=O) groups excluding carboxylic acids is 3. The van der Waals surface area contributed by atoms with Gasteiger partial charge in [0.05, 0.1) is 6.10 Å². The van der Waals surface area contributed by atoms with Crippen molar-refractivity contribution in [3.8, 4) is 0 Å². The second-order valence-corrected chi connectivity index (χ2v) is 10.7. The van der Waals surface area contributed by atoms with Crippen LogP contribution < -0.4 is 0 Å². The van der Waals surface area contributed by atoms with Crippen LogP contribution in [0.4, 0.5) is 0 Å². The maximum Gasteiger partial charge on any atom is 0.306 e. The summed E-state index contributed by atoms with van der Waals surface area (Å²) in [4.78, 5) is 37.5. The summed E-state index contributed by atoms with van der Waals surface area (Å²) < 4.78 is 5.86. The largest absolute Gasteiger partial charge is 0.450 e. The number of esters is 1. The van der Waals surface area contributed by atoms with Crippen molar-refractivity contribution in [2.75, 3.05) is 6.61 Å². The normalized spacial score (nSPS) is 44.4. The first kappa shape index (κ1) is 22.7. The molecule has 0 aromatic heterocycles. The van der Waals surface area contributed by atoms with Gasteiger partial charge in [0.1, 0.15) is 6.61 Å². The van der Waals surface area contributed by atoms with Crippen LogP contribution in [0.25, 0.3) is 0 Å². The number of ether oxygens (including phenoxy) is 1. The van der Waals surface area contributed by atoms with Gasteiger partial charge in [-0.2, -0.15) is 0 Å². The zero-order chi connectivity index (χ0) is 22.6. The van der Waals surface area contributed by atoms with E-state index in [9.17, 15) is 24.6 Å². The van der Waals surface area contributed by atoms with Gasteiger partial charge in [-0.05, 0) is 74.2 Å². The number of aliphatic hydroxyl groups excluding tert-OH is 2. The van der Waals surface area contributed by atoms with Crippen molar-refractivity contribution in [1.29, 1.82) is 0 Å². The Bertz CT molecular complexity index is 817. The molecule has 2 N–H and O–H groups in total. The van der Waals surface area contributed by atoms with Gasteiger partial charge in [-0.3, -0.25) is 14.4 Å². The van der Waals surface area contributed by atoms with E-state index in [1.54, 1.807) is 6.92 Å². The molecule has 7 atom stereocenters. The maximum absolute atomic E-state index is 13.1. The van der Waals surface area contributed by atoms with Gasteiger partial charge in [0.2, 0.25) is 5.78 Å².